The molecule has 0 saturated carbocycles. The van der Waals surface area contributed by atoms with Gasteiger partial charge in [0.05, 0.1) is 29.7 Å². The molecule has 144 valence electrons. The number of hydrogen-bond acceptors (Lipinski definition) is 4. The number of nitrogens with one attached hydrogen (secondary N) is 1. The molecule has 29 heavy (non-hydrogen) atoms. The van der Waals surface area contributed by atoms with E-state index in [1.165, 1.54) is 6.20 Å². The number of carbonyl (C=O) groups excluding carboxylic acids is 1. The third-order valence-electron chi connectivity index (χ3n) is 4.60. The molecule has 0 spiro atoms. The number of aryl methyl sites for hydroxylation is 1. The van der Waals surface area contributed by atoms with Crippen molar-refractivity contribution in [3.8, 4) is 17.2 Å². The summed E-state index contributed by atoms with van der Waals surface area (Å²) in [5.41, 5.74) is 4.10. The first-order chi connectivity index (χ1) is 14.0. The fraction of sp³-hybridized carbons (Fsp3) is 0.130. The lowest BCUT2D eigenvalue weighted by Crippen LogP contribution is -2.30. The highest BCUT2D eigenvalue weighted by atomic mass is 16.4. The normalized spacial score (nSPS) is 11.3. The molecule has 0 aliphatic heterocycles. The number of amides is 1. The summed E-state index contributed by atoms with van der Waals surface area (Å²) in [6.45, 7) is 1.88. The third kappa shape index (κ3) is 4.85. The van der Waals surface area contributed by atoms with Crippen LogP contribution < -0.4 is 5.32 Å². The second-order valence-corrected chi connectivity index (χ2v) is 6.63. The van der Waals surface area contributed by atoms with Gasteiger partial charge in [0.15, 0.2) is 0 Å². The standard InChI is InChI=1S/C23H19N3O3/c1-15-4-2-3-5-20(15)21(11-22(27)28)26-23(29)19-10-18(13-25-14-19)17-8-6-16(12-24)7-9-17/h2-10,13-14,21H,11H2,1H3,(H,26,29)(H,27,28)/t21-/m0/s1. The van der Waals surface area contributed by atoms with Crippen molar-refractivity contribution in [2.45, 2.75) is 19.4 Å². The molecular formula is C23H19N3O3. The lowest BCUT2D eigenvalue weighted by atomic mass is 9.98. The van der Waals surface area contributed by atoms with Crippen LogP contribution in [0, 0.1) is 18.3 Å². The number of nitrogens with zero attached hydrogens (tertiary/aromatic N) is 2. The van der Waals surface area contributed by atoms with Crippen LogP contribution in [0.5, 0.6) is 0 Å². The van der Waals surface area contributed by atoms with E-state index < -0.39 is 17.9 Å². The Labute approximate surface area is 168 Å². The molecule has 6 heteroatoms. The molecule has 0 saturated heterocycles. The summed E-state index contributed by atoms with van der Waals surface area (Å²) in [5, 5.41) is 21.0. The second-order valence-electron chi connectivity index (χ2n) is 6.63. The largest absolute Gasteiger partial charge is 0.481 e. The summed E-state index contributed by atoms with van der Waals surface area (Å²) in [5.74, 6) is -1.40. The van der Waals surface area contributed by atoms with Crippen molar-refractivity contribution in [1.29, 1.82) is 5.26 Å². The van der Waals surface area contributed by atoms with Crippen molar-refractivity contribution in [1.82, 2.24) is 10.3 Å². The van der Waals surface area contributed by atoms with Crippen molar-refractivity contribution in [2.75, 3.05) is 0 Å². The third-order valence-corrected chi connectivity index (χ3v) is 4.60. The zero-order valence-corrected chi connectivity index (χ0v) is 15.8. The van der Waals surface area contributed by atoms with Gasteiger partial charge in [-0.05, 0) is 41.8 Å². The van der Waals surface area contributed by atoms with Gasteiger partial charge in [0.2, 0.25) is 0 Å². The van der Waals surface area contributed by atoms with Gasteiger partial charge in [0.1, 0.15) is 0 Å². The van der Waals surface area contributed by atoms with Crippen LogP contribution in [-0.2, 0) is 4.79 Å². The maximum atomic E-state index is 12.8. The van der Waals surface area contributed by atoms with Crippen molar-refractivity contribution < 1.29 is 14.7 Å². The minimum absolute atomic E-state index is 0.223. The topological polar surface area (TPSA) is 103 Å². The fourth-order valence-electron chi connectivity index (χ4n) is 3.09. The Kier molecular flexibility index (Phi) is 6.00. The van der Waals surface area contributed by atoms with E-state index in [0.717, 1.165) is 22.3 Å². The highest BCUT2D eigenvalue weighted by molar-refractivity contribution is 5.95. The van der Waals surface area contributed by atoms with Crippen molar-refractivity contribution >= 4 is 11.9 Å². The molecule has 0 radical (unpaired) electrons. The molecule has 2 N–H and O–H groups in total. The van der Waals surface area contributed by atoms with Gasteiger partial charge in [-0.2, -0.15) is 5.26 Å². The number of carboxylic acids is 1. The highest BCUT2D eigenvalue weighted by Gasteiger charge is 2.20. The number of hydrogen-bond donors (Lipinski definition) is 2. The van der Waals surface area contributed by atoms with E-state index in [0.29, 0.717) is 11.1 Å². The van der Waals surface area contributed by atoms with E-state index in [1.807, 2.05) is 31.2 Å². The number of nitriles is 1. The molecule has 0 bridgehead atoms. The Hall–Kier alpha value is -3.98. The maximum absolute atomic E-state index is 12.8. The SMILES string of the molecule is Cc1ccccc1[C@H](CC(=O)O)NC(=O)c1cncc(-c2ccc(C#N)cc2)c1. The monoisotopic (exact) mass is 385 g/mol. The Morgan fingerprint density at radius 2 is 1.83 bits per heavy atom. The van der Waals surface area contributed by atoms with Gasteiger partial charge >= 0.3 is 5.97 Å². The van der Waals surface area contributed by atoms with E-state index in [9.17, 15) is 14.7 Å². The average molecular weight is 385 g/mol. The van der Waals surface area contributed by atoms with Crippen LogP contribution in [0.4, 0.5) is 0 Å². The molecule has 0 fully saturated rings. The first-order valence-electron chi connectivity index (χ1n) is 9.01. The van der Waals surface area contributed by atoms with E-state index in [4.69, 9.17) is 5.26 Å². The molecule has 0 aliphatic rings. The molecule has 1 heterocycles. The smallest absolute Gasteiger partial charge is 0.305 e. The zero-order chi connectivity index (χ0) is 20.8. The Bertz CT molecular complexity index is 1090. The van der Waals surface area contributed by atoms with Gasteiger partial charge in [-0.1, -0.05) is 36.4 Å². The molecule has 0 aliphatic carbocycles. The molecule has 6 nitrogen and oxygen atoms in total. The van der Waals surface area contributed by atoms with Crippen molar-refractivity contribution in [2.24, 2.45) is 0 Å². The van der Waals surface area contributed by atoms with Gasteiger partial charge in [-0.25, -0.2) is 0 Å². The number of rotatable bonds is 6. The predicted molar refractivity (Wildman–Crippen MR) is 108 cm³/mol. The number of aromatic nitrogens is 1. The van der Waals surface area contributed by atoms with Crippen LogP contribution in [0.25, 0.3) is 11.1 Å². The predicted octanol–water partition coefficient (Wildman–Crippen LogP) is 3.87. The quantitative estimate of drug-likeness (QED) is 0.670. The van der Waals surface area contributed by atoms with Crippen molar-refractivity contribution in [3.63, 3.8) is 0 Å². The van der Waals surface area contributed by atoms with E-state index in [1.54, 1.807) is 36.5 Å². The zero-order valence-electron chi connectivity index (χ0n) is 15.8. The summed E-state index contributed by atoms with van der Waals surface area (Å²) in [4.78, 5) is 28.3. The van der Waals surface area contributed by atoms with Crippen LogP contribution in [0.3, 0.4) is 0 Å². The van der Waals surface area contributed by atoms with E-state index in [2.05, 4.69) is 16.4 Å². The number of pyridine rings is 1. The van der Waals surface area contributed by atoms with Crippen LogP contribution in [0.1, 0.15) is 39.5 Å². The summed E-state index contributed by atoms with van der Waals surface area (Å²) in [6, 6.07) is 17.5. The fourth-order valence-corrected chi connectivity index (χ4v) is 3.09. The first kappa shape index (κ1) is 19.8. The molecule has 3 rings (SSSR count). The van der Waals surface area contributed by atoms with Crippen LogP contribution in [0.15, 0.2) is 67.0 Å². The maximum Gasteiger partial charge on any atom is 0.305 e. The molecule has 1 aromatic heterocycles. The first-order valence-corrected chi connectivity index (χ1v) is 9.01. The van der Waals surface area contributed by atoms with Gasteiger partial charge in [-0.3, -0.25) is 14.6 Å². The summed E-state index contributed by atoms with van der Waals surface area (Å²) in [6.07, 6.45) is 2.85. The Morgan fingerprint density at radius 3 is 2.48 bits per heavy atom. The molecule has 0 unspecified atom stereocenters. The number of aliphatic carboxylic acids is 1. The molecule has 2 aromatic carbocycles. The van der Waals surface area contributed by atoms with Gasteiger partial charge in [0, 0.05) is 18.0 Å². The number of benzene rings is 2. The lowest BCUT2D eigenvalue weighted by molar-refractivity contribution is -0.137. The van der Waals surface area contributed by atoms with Crippen LogP contribution in [0.2, 0.25) is 0 Å². The summed E-state index contributed by atoms with van der Waals surface area (Å²) < 4.78 is 0. The van der Waals surface area contributed by atoms with Crippen molar-refractivity contribution in [3.05, 3.63) is 89.2 Å². The molecular weight excluding hydrogens is 366 g/mol. The Morgan fingerprint density at radius 1 is 1.10 bits per heavy atom. The minimum atomic E-state index is -0.997. The summed E-state index contributed by atoms with van der Waals surface area (Å²) >= 11 is 0. The van der Waals surface area contributed by atoms with E-state index in [-0.39, 0.29) is 6.42 Å². The van der Waals surface area contributed by atoms with Crippen LogP contribution >= 0.6 is 0 Å². The molecule has 1 atom stereocenters. The number of carboxylic acid groups (broad SMARTS) is 1. The summed E-state index contributed by atoms with van der Waals surface area (Å²) in [7, 11) is 0. The molecule has 3 aromatic rings. The minimum Gasteiger partial charge on any atom is -0.481 e. The Balaban J connectivity index is 1.86. The molecule has 1 amide bonds. The van der Waals surface area contributed by atoms with Gasteiger partial charge in [-0.15, -0.1) is 0 Å². The van der Waals surface area contributed by atoms with Crippen LogP contribution in [-0.4, -0.2) is 22.0 Å². The van der Waals surface area contributed by atoms with Gasteiger partial charge in [0.25, 0.3) is 5.91 Å². The highest BCUT2D eigenvalue weighted by Crippen LogP contribution is 2.23. The second kappa shape index (κ2) is 8.81. The average Bonchev–Trinajstić information content (AvgIpc) is 2.73. The van der Waals surface area contributed by atoms with E-state index >= 15 is 0 Å². The lowest BCUT2D eigenvalue weighted by Gasteiger charge is -2.19. The van der Waals surface area contributed by atoms with Gasteiger partial charge < -0.3 is 10.4 Å². The number of carbonyl (C=O) groups is 2.